The van der Waals surface area contributed by atoms with Gasteiger partial charge in [0.25, 0.3) is 0 Å². The number of ether oxygens (including phenoxy) is 1. The molecular weight excluding hydrogens is 292 g/mol. The maximum absolute atomic E-state index is 11.6. The summed E-state index contributed by atoms with van der Waals surface area (Å²) in [6.45, 7) is 5.59. The second-order valence-corrected chi connectivity index (χ2v) is 6.57. The summed E-state index contributed by atoms with van der Waals surface area (Å²) < 4.78 is 30.5. The molecule has 0 atom stereocenters. The van der Waals surface area contributed by atoms with E-state index in [0.717, 1.165) is 0 Å². The number of rotatable bonds is 4. The zero-order valence-corrected chi connectivity index (χ0v) is 12.9. The normalized spacial score (nSPS) is 11.9. The van der Waals surface area contributed by atoms with Gasteiger partial charge in [-0.05, 0) is 26.8 Å². The highest BCUT2D eigenvalue weighted by Crippen LogP contribution is 2.31. The first kappa shape index (κ1) is 15.3. The molecule has 2 rings (SSSR count). The Morgan fingerprint density at radius 3 is 2.52 bits per heavy atom. The van der Waals surface area contributed by atoms with Crippen molar-refractivity contribution in [2.75, 3.05) is 5.73 Å². The van der Waals surface area contributed by atoms with E-state index in [0.29, 0.717) is 17.1 Å². The summed E-state index contributed by atoms with van der Waals surface area (Å²) in [6.07, 6.45) is 3.28. The van der Waals surface area contributed by atoms with Gasteiger partial charge in [-0.2, -0.15) is 5.10 Å². The number of primary sulfonamides is 1. The highest BCUT2D eigenvalue weighted by molar-refractivity contribution is 7.89. The number of nitrogens with zero attached hydrogens (tertiary/aromatic N) is 2. The largest absolute Gasteiger partial charge is 0.454 e. The van der Waals surface area contributed by atoms with Crippen LogP contribution in [-0.4, -0.2) is 18.2 Å². The zero-order chi connectivity index (χ0) is 15.8. The lowest BCUT2D eigenvalue weighted by Crippen LogP contribution is -2.14. The van der Waals surface area contributed by atoms with Crippen LogP contribution < -0.4 is 15.6 Å². The summed E-state index contributed by atoms with van der Waals surface area (Å²) in [5, 5.41) is 9.33. The predicted octanol–water partition coefficient (Wildman–Crippen LogP) is 1.79. The molecule has 0 unspecified atom stereocenters. The van der Waals surface area contributed by atoms with E-state index in [2.05, 4.69) is 5.10 Å². The molecule has 114 valence electrons. The van der Waals surface area contributed by atoms with Gasteiger partial charge in [-0.15, -0.1) is 0 Å². The first-order valence-corrected chi connectivity index (χ1v) is 7.88. The van der Waals surface area contributed by atoms with Gasteiger partial charge in [0.1, 0.15) is 5.75 Å². The van der Waals surface area contributed by atoms with Gasteiger partial charge in [0.2, 0.25) is 10.0 Å². The molecule has 4 N–H and O–H groups in total. The zero-order valence-electron chi connectivity index (χ0n) is 12.1. The van der Waals surface area contributed by atoms with Crippen LogP contribution in [0.4, 0.5) is 5.69 Å². The van der Waals surface area contributed by atoms with Crippen LogP contribution in [0.15, 0.2) is 29.4 Å². The van der Waals surface area contributed by atoms with Gasteiger partial charge in [0.05, 0.1) is 17.3 Å². The fourth-order valence-corrected chi connectivity index (χ4v) is 2.69. The SMILES string of the molecule is Cc1c(Oc2cnn(C(C)C)c2)cc(N)cc1S(N)(=O)=O. The van der Waals surface area contributed by atoms with Crippen LogP contribution in [0.2, 0.25) is 0 Å². The molecule has 1 aromatic carbocycles. The summed E-state index contributed by atoms with van der Waals surface area (Å²) in [4.78, 5) is -0.0475. The van der Waals surface area contributed by atoms with Crippen LogP contribution in [0.5, 0.6) is 11.5 Å². The summed E-state index contributed by atoms with van der Waals surface area (Å²) in [5.74, 6) is 0.833. The van der Waals surface area contributed by atoms with Crippen LogP contribution in [0.1, 0.15) is 25.5 Å². The third-order valence-electron chi connectivity index (χ3n) is 2.98. The number of aromatic nitrogens is 2. The van der Waals surface area contributed by atoms with Gasteiger partial charge >= 0.3 is 0 Å². The summed E-state index contributed by atoms with van der Waals surface area (Å²) in [6, 6.07) is 3.07. The Labute approximate surface area is 123 Å². The lowest BCUT2D eigenvalue weighted by atomic mass is 10.2. The van der Waals surface area contributed by atoms with Gasteiger partial charge < -0.3 is 10.5 Å². The molecule has 7 nitrogen and oxygen atoms in total. The molecule has 0 saturated carbocycles. The molecule has 0 spiro atoms. The lowest BCUT2D eigenvalue weighted by Gasteiger charge is -2.11. The van der Waals surface area contributed by atoms with Crippen molar-refractivity contribution in [2.24, 2.45) is 5.14 Å². The quantitative estimate of drug-likeness (QED) is 0.836. The Balaban J connectivity index is 2.42. The summed E-state index contributed by atoms with van der Waals surface area (Å²) in [5.41, 5.74) is 6.38. The molecule has 0 aliphatic heterocycles. The van der Waals surface area contributed by atoms with E-state index in [1.54, 1.807) is 30.1 Å². The third kappa shape index (κ3) is 3.34. The Bertz CT molecular complexity index is 766. The van der Waals surface area contributed by atoms with Crippen molar-refractivity contribution in [1.29, 1.82) is 0 Å². The average molecular weight is 310 g/mol. The van der Waals surface area contributed by atoms with Gasteiger partial charge in [-0.3, -0.25) is 4.68 Å². The van der Waals surface area contributed by atoms with Crippen molar-refractivity contribution < 1.29 is 13.2 Å². The molecule has 2 aromatic rings. The molecule has 21 heavy (non-hydrogen) atoms. The molecule has 0 fully saturated rings. The van der Waals surface area contributed by atoms with Crippen molar-refractivity contribution in [3.05, 3.63) is 30.1 Å². The first-order chi connectivity index (χ1) is 9.68. The lowest BCUT2D eigenvalue weighted by molar-refractivity contribution is 0.472. The molecule has 0 saturated heterocycles. The maximum Gasteiger partial charge on any atom is 0.238 e. The average Bonchev–Trinajstić information content (AvgIpc) is 2.80. The van der Waals surface area contributed by atoms with Crippen molar-refractivity contribution in [2.45, 2.75) is 31.7 Å². The second-order valence-electron chi connectivity index (χ2n) is 5.04. The number of benzene rings is 1. The van der Waals surface area contributed by atoms with Crippen molar-refractivity contribution in [1.82, 2.24) is 9.78 Å². The van der Waals surface area contributed by atoms with Crippen LogP contribution in [0, 0.1) is 6.92 Å². The van der Waals surface area contributed by atoms with Gasteiger partial charge in [0.15, 0.2) is 5.75 Å². The van der Waals surface area contributed by atoms with Gasteiger partial charge in [-0.1, -0.05) is 0 Å². The topological polar surface area (TPSA) is 113 Å². The Morgan fingerprint density at radius 2 is 2.00 bits per heavy atom. The molecule has 0 radical (unpaired) electrons. The summed E-state index contributed by atoms with van der Waals surface area (Å²) in [7, 11) is -3.86. The second kappa shape index (κ2) is 5.38. The van der Waals surface area contributed by atoms with Crippen molar-refractivity contribution >= 4 is 15.7 Å². The first-order valence-electron chi connectivity index (χ1n) is 6.33. The minimum absolute atomic E-state index is 0.0475. The minimum atomic E-state index is -3.86. The fraction of sp³-hybridized carbons (Fsp3) is 0.308. The predicted molar refractivity (Wildman–Crippen MR) is 79.7 cm³/mol. The molecule has 1 heterocycles. The number of sulfonamides is 1. The molecular formula is C13H18N4O3S. The van der Waals surface area contributed by atoms with E-state index < -0.39 is 10.0 Å². The fourth-order valence-electron chi connectivity index (χ4n) is 1.87. The highest BCUT2D eigenvalue weighted by atomic mass is 32.2. The van der Waals surface area contributed by atoms with Crippen molar-refractivity contribution in [3.63, 3.8) is 0 Å². The molecule has 0 bridgehead atoms. The number of hydrogen-bond acceptors (Lipinski definition) is 5. The molecule has 0 amide bonds. The van der Waals surface area contributed by atoms with Crippen molar-refractivity contribution in [3.8, 4) is 11.5 Å². The molecule has 8 heteroatoms. The molecule has 0 aliphatic carbocycles. The van der Waals surface area contributed by atoms with Crippen LogP contribution in [-0.2, 0) is 10.0 Å². The smallest absolute Gasteiger partial charge is 0.238 e. The number of nitrogens with two attached hydrogens (primary N) is 2. The van der Waals surface area contributed by atoms with Crippen LogP contribution in [0.3, 0.4) is 0 Å². The van der Waals surface area contributed by atoms with E-state index in [1.807, 2.05) is 13.8 Å². The number of hydrogen-bond donors (Lipinski definition) is 2. The standard InChI is InChI=1S/C13H18N4O3S/c1-8(2)17-7-11(6-16-17)20-12-4-10(14)5-13(9(12)3)21(15,18)19/h4-8H,14H2,1-3H3,(H2,15,18,19). The van der Waals surface area contributed by atoms with Crippen LogP contribution in [0.25, 0.3) is 0 Å². The highest BCUT2D eigenvalue weighted by Gasteiger charge is 2.17. The Morgan fingerprint density at radius 1 is 1.33 bits per heavy atom. The van der Waals surface area contributed by atoms with E-state index in [-0.39, 0.29) is 16.6 Å². The molecule has 0 aliphatic rings. The van der Waals surface area contributed by atoms with Gasteiger partial charge in [-0.25, -0.2) is 13.6 Å². The minimum Gasteiger partial charge on any atom is -0.454 e. The third-order valence-corrected chi connectivity index (χ3v) is 4.01. The number of nitrogen functional groups attached to an aromatic ring is 1. The monoisotopic (exact) mass is 310 g/mol. The van der Waals surface area contributed by atoms with Gasteiger partial charge in [0, 0.05) is 23.4 Å². The van der Waals surface area contributed by atoms with E-state index in [1.165, 1.54) is 6.07 Å². The van der Waals surface area contributed by atoms with E-state index >= 15 is 0 Å². The van der Waals surface area contributed by atoms with E-state index in [4.69, 9.17) is 15.6 Å². The number of anilines is 1. The molecule has 1 aromatic heterocycles. The maximum atomic E-state index is 11.6. The van der Waals surface area contributed by atoms with E-state index in [9.17, 15) is 8.42 Å². The Kier molecular flexibility index (Phi) is 3.93. The Hall–Kier alpha value is -2.06. The van der Waals surface area contributed by atoms with Crippen LogP contribution >= 0.6 is 0 Å². The summed E-state index contributed by atoms with van der Waals surface area (Å²) >= 11 is 0.